The highest BCUT2D eigenvalue weighted by molar-refractivity contribution is 9.10. The SMILES string of the molecule is Cl.NCC1(NC(=O)CS(=O)(=O)Cc2ccc(Br)cc2)CCCC1. The van der Waals surface area contributed by atoms with Gasteiger partial charge in [0.05, 0.1) is 11.3 Å². The van der Waals surface area contributed by atoms with Crippen LogP contribution in [0.25, 0.3) is 0 Å². The lowest BCUT2D eigenvalue weighted by Gasteiger charge is -2.28. The number of hydrogen-bond acceptors (Lipinski definition) is 4. The van der Waals surface area contributed by atoms with Crippen molar-refractivity contribution in [2.24, 2.45) is 5.73 Å². The van der Waals surface area contributed by atoms with E-state index in [-0.39, 0.29) is 18.2 Å². The van der Waals surface area contributed by atoms with Crippen molar-refractivity contribution in [3.8, 4) is 0 Å². The molecule has 0 spiro atoms. The molecular formula is C15H22BrClN2O3S. The van der Waals surface area contributed by atoms with E-state index in [1.54, 1.807) is 24.3 Å². The first kappa shape index (κ1) is 20.4. The molecule has 0 bridgehead atoms. The van der Waals surface area contributed by atoms with E-state index in [9.17, 15) is 13.2 Å². The molecule has 3 N–H and O–H groups in total. The molecular weight excluding hydrogens is 404 g/mol. The zero-order valence-corrected chi connectivity index (χ0v) is 16.0. The second-order valence-corrected chi connectivity index (χ2v) is 8.88. The molecule has 0 aliphatic heterocycles. The number of sulfone groups is 1. The number of hydrogen-bond donors (Lipinski definition) is 2. The van der Waals surface area contributed by atoms with E-state index in [1.165, 1.54) is 0 Å². The highest BCUT2D eigenvalue weighted by Gasteiger charge is 2.34. The molecule has 1 fully saturated rings. The van der Waals surface area contributed by atoms with Gasteiger partial charge in [-0.2, -0.15) is 0 Å². The van der Waals surface area contributed by atoms with E-state index in [1.807, 2.05) is 0 Å². The molecule has 0 saturated heterocycles. The molecule has 5 nitrogen and oxygen atoms in total. The maximum absolute atomic E-state index is 12.2. The quantitative estimate of drug-likeness (QED) is 0.731. The van der Waals surface area contributed by atoms with Crippen molar-refractivity contribution in [3.63, 3.8) is 0 Å². The monoisotopic (exact) mass is 424 g/mol. The van der Waals surface area contributed by atoms with Crippen molar-refractivity contribution in [1.29, 1.82) is 0 Å². The second-order valence-electron chi connectivity index (χ2n) is 5.90. The van der Waals surface area contributed by atoms with Gasteiger partial charge in [-0.3, -0.25) is 4.79 Å². The van der Waals surface area contributed by atoms with Crippen LogP contribution in [0.2, 0.25) is 0 Å². The average molecular weight is 426 g/mol. The smallest absolute Gasteiger partial charge is 0.235 e. The summed E-state index contributed by atoms with van der Waals surface area (Å²) in [5.41, 5.74) is 6.01. The van der Waals surface area contributed by atoms with Gasteiger partial charge in [0.15, 0.2) is 9.84 Å². The van der Waals surface area contributed by atoms with E-state index >= 15 is 0 Å². The van der Waals surface area contributed by atoms with Crippen LogP contribution in [0.3, 0.4) is 0 Å². The van der Waals surface area contributed by atoms with Crippen molar-refractivity contribution in [1.82, 2.24) is 5.32 Å². The first-order valence-electron chi connectivity index (χ1n) is 7.30. The minimum atomic E-state index is -3.49. The number of nitrogens with two attached hydrogens (primary N) is 1. The highest BCUT2D eigenvalue weighted by atomic mass is 79.9. The number of nitrogens with one attached hydrogen (secondary N) is 1. The minimum absolute atomic E-state index is 0. The summed E-state index contributed by atoms with van der Waals surface area (Å²) in [7, 11) is -3.49. The van der Waals surface area contributed by atoms with Gasteiger partial charge in [-0.05, 0) is 30.5 Å². The standard InChI is InChI=1S/C15H21BrN2O3S.ClH/c16-13-5-3-12(4-6-13)9-22(20,21)10-14(19)18-15(11-17)7-1-2-8-15;/h3-6H,1-2,7-11,17H2,(H,18,19);1H. The van der Waals surface area contributed by atoms with Gasteiger partial charge in [0.25, 0.3) is 0 Å². The van der Waals surface area contributed by atoms with Crippen LogP contribution >= 0.6 is 28.3 Å². The van der Waals surface area contributed by atoms with Gasteiger partial charge in [-0.1, -0.05) is 40.9 Å². The Morgan fingerprint density at radius 3 is 2.30 bits per heavy atom. The normalized spacial score (nSPS) is 16.6. The molecule has 0 heterocycles. The van der Waals surface area contributed by atoms with Gasteiger partial charge >= 0.3 is 0 Å². The zero-order chi connectivity index (χ0) is 16.2. The Morgan fingerprint density at radius 2 is 1.78 bits per heavy atom. The summed E-state index contributed by atoms with van der Waals surface area (Å²) in [6.07, 6.45) is 3.68. The molecule has 2 rings (SSSR count). The molecule has 0 unspecified atom stereocenters. The number of carbonyl (C=O) groups is 1. The first-order valence-corrected chi connectivity index (χ1v) is 9.92. The molecule has 0 aromatic heterocycles. The third-order valence-electron chi connectivity index (χ3n) is 4.01. The Hall–Kier alpha value is -0.630. The van der Waals surface area contributed by atoms with E-state index in [0.717, 1.165) is 30.2 Å². The third kappa shape index (κ3) is 6.06. The van der Waals surface area contributed by atoms with Gasteiger partial charge in [-0.25, -0.2) is 8.42 Å². The van der Waals surface area contributed by atoms with Crippen LogP contribution in [0.15, 0.2) is 28.7 Å². The van der Waals surface area contributed by atoms with Gasteiger partial charge in [-0.15, -0.1) is 12.4 Å². The molecule has 1 saturated carbocycles. The fourth-order valence-corrected chi connectivity index (χ4v) is 4.39. The molecule has 1 aromatic rings. The Balaban J connectivity index is 0.00000264. The molecule has 130 valence electrons. The lowest BCUT2D eigenvalue weighted by Crippen LogP contribution is -2.53. The largest absolute Gasteiger partial charge is 0.349 e. The van der Waals surface area contributed by atoms with Crippen molar-refractivity contribution < 1.29 is 13.2 Å². The second kappa shape index (κ2) is 8.46. The zero-order valence-electron chi connectivity index (χ0n) is 12.8. The van der Waals surface area contributed by atoms with Gasteiger partial charge < -0.3 is 11.1 Å². The van der Waals surface area contributed by atoms with E-state index < -0.39 is 27.0 Å². The van der Waals surface area contributed by atoms with Gasteiger partial charge in [0.2, 0.25) is 5.91 Å². The number of rotatable bonds is 6. The summed E-state index contributed by atoms with van der Waals surface area (Å²) in [5, 5.41) is 2.84. The molecule has 0 atom stereocenters. The van der Waals surface area contributed by atoms with Crippen molar-refractivity contribution in [3.05, 3.63) is 34.3 Å². The Bertz CT molecular complexity index is 629. The Morgan fingerprint density at radius 1 is 1.22 bits per heavy atom. The van der Waals surface area contributed by atoms with Crippen LogP contribution in [-0.2, 0) is 20.4 Å². The first-order chi connectivity index (χ1) is 10.3. The predicted octanol–water partition coefficient (Wildman–Crippen LogP) is 2.17. The summed E-state index contributed by atoms with van der Waals surface area (Å²) < 4.78 is 25.2. The fraction of sp³-hybridized carbons (Fsp3) is 0.533. The average Bonchev–Trinajstić information content (AvgIpc) is 2.89. The van der Waals surface area contributed by atoms with Crippen molar-refractivity contribution in [2.45, 2.75) is 37.0 Å². The number of carbonyl (C=O) groups excluding carboxylic acids is 1. The molecule has 23 heavy (non-hydrogen) atoms. The lowest BCUT2D eigenvalue weighted by molar-refractivity contribution is -0.120. The van der Waals surface area contributed by atoms with Gasteiger partial charge in [0.1, 0.15) is 5.75 Å². The highest BCUT2D eigenvalue weighted by Crippen LogP contribution is 2.28. The number of benzene rings is 1. The topological polar surface area (TPSA) is 89.3 Å². The van der Waals surface area contributed by atoms with Crippen molar-refractivity contribution in [2.75, 3.05) is 12.3 Å². The van der Waals surface area contributed by atoms with Crippen LogP contribution < -0.4 is 11.1 Å². The molecule has 1 aromatic carbocycles. The minimum Gasteiger partial charge on any atom is -0.349 e. The molecule has 1 aliphatic carbocycles. The van der Waals surface area contributed by atoms with E-state index in [2.05, 4.69) is 21.2 Å². The maximum atomic E-state index is 12.2. The van der Waals surface area contributed by atoms with Crippen LogP contribution in [0, 0.1) is 0 Å². The van der Waals surface area contributed by atoms with Crippen LogP contribution in [0.5, 0.6) is 0 Å². The number of halogens is 2. The summed E-state index contributed by atoms with van der Waals surface area (Å²) >= 11 is 3.30. The van der Waals surface area contributed by atoms with Gasteiger partial charge in [0, 0.05) is 11.0 Å². The molecule has 8 heteroatoms. The predicted molar refractivity (Wildman–Crippen MR) is 97.3 cm³/mol. The van der Waals surface area contributed by atoms with E-state index in [4.69, 9.17) is 5.73 Å². The lowest BCUT2D eigenvalue weighted by atomic mass is 9.98. The fourth-order valence-electron chi connectivity index (χ4n) is 2.85. The number of amides is 1. The summed E-state index contributed by atoms with van der Waals surface area (Å²) in [6.45, 7) is 0.353. The Labute approximate surface area is 151 Å². The van der Waals surface area contributed by atoms with E-state index in [0.29, 0.717) is 12.1 Å². The maximum Gasteiger partial charge on any atom is 0.235 e. The van der Waals surface area contributed by atoms with Crippen LogP contribution in [0.1, 0.15) is 31.2 Å². The molecule has 1 aliphatic rings. The van der Waals surface area contributed by atoms with Crippen LogP contribution in [-0.4, -0.2) is 32.2 Å². The Kier molecular flexibility index (Phi) is 7.51. The molecule has 1 amide bonds. The van der Waals surface area contributed by atoms with Crippen LogP contribution in [0.4, 0.5) is 0 Å². The molecule has 0 radical (unpaired) electrons. The third-order valence-corrected chi connectivity index (χ3v) is 6.01. The summed E-state index contributed by atoms with van der Waals surface area (Å²) in [5.74, 6) is -1.09. The van der Waals surface area contributed by atoms with Crippen molar-refractivity contribution >= 4 is 44.1 Å². The summed E-state index contributed by atoms with van der Waals surface area (Å²) in [6, 6.07) is 7.04. The summed E-state index contributed by atoms with van der Waals surface area (Å²) in [4.78, 5) is 12.1.